The van der Waals surface area contributed by atoms with Gasteiger partial charge in [-0.2, -0.15) is 4.57 Å². The van der Waals surface area contributed by atoms with E-state index in [1.807, 2.05) is 54.6 Å². The molecule has 1 aliphatic rings. The predicted octanol–water partition coefficient (Wildman–Crippen LogP) is 4.66. The predicted molar refractivity (Wildman–Crippen MR) is 118 cm³/mol. The largest absolute Gasteiger partial charge is 0.469 e. The van der Waals surface area contributed by atoms with Gasteiger partial charge in [0.2, 0.25) is 6.04 Å². The molecule has 0 fully saturated rings. The summed E-state index contributed by atoms with van der Waals surface area (Å²) in [4.78, 5) is 22.6. The van der Waals surface area contributed by atoms with Gasteiger partial charge in [0.25, 0.3) is 0 Å². The summed E-state index contributed by atoms with van der Waals surface area (Å²) in [5, 5.41) is 5.79. The van der Waals surface area contributed by atoms with Crippen LogP contribution < -0.4 is 9.88 Å². The van der Waals surface area contributed by atoms with Crippen LogP contribution in [-0.4, -0.2) is 21.9 Å². The van der Waals surface area contributed by atoms with E-state index < -0.39 is 6.04 Å². The van der Waals surface area contributed by atoms with Crippen molar-refractivity contribution in [2.75, 3.05) is 5.32 Å². The number of anilines is 1. The molecule has 4 heterocycles. The zero-order valence-corrected chi connectivity index (χ0v) is 17.0. The number of hydrogen-bond acceptors (Lipinski definition) is 5. The Morgan fingerprint density at radius 2 is 2.00 bits per heavy atom. The van der Waals surface area contributed by atoms with Gasteiger partial charge in [0, 0.05) is 17.1 Å². The lowest BCUT2D eigenvalue weighted by Gasteiger charge is -2.08. The minimum Gasteiger partial charge on any atom is -0.469 e. The standard InChI is InChI=1S/C24H15ClN4O2/c25-20-12-15(9-10-26-20)21-23-27-18(13-16-5-3-11-31-16)24(30)29(23)19-8-7-14-4-1-2-6-17(14)22(19)28-21/h1-12,18H,13H2/p+1. The summed E-state index contributed by atoms with van der Waals surface area (Å²) in [5.41, 5.74) is 2.97. The van der Waals surface area contributed by atoms with Crippen LogP contribution in [0.25, 0.3) is 33.1 Å². The molecule has 0 saturated heterocycles. The Labute approximate surface area is 182 Å². The van der Waals surface area contributed by atoms with E-state index in [9.17, 15) is 4.79 Å². The van der Waals surface area contributed by atoms with Gasteiger partial charge in [-0.15, -0.1) is 0 Å². The van der Waals surface area contributed by atoms with Gasteiger partial charge < -0.3 is 4.42 Å². The van der Waals surface area contributed by atoms with Crippen molar-refractivity contribution in [2.24, 2.45) is 0 Å². The van der Waals surface area contributed by atoms with E-state index in [1.165, 1.54) is 0 Å². The highest BCUT2D eigenvalue weighted by atomic mass is 35.5. The molecule has 0 amide bonds. The number of furan rings is 1. The second kappa shape index (κ2) is 6.89. The summed E-state index contributed by atoms with van der Waals surface area (Å²) < 4.78 is 7.20. The van der Waals surface area contributed by atoms with Crippen LogP contribution >= 0.6 is 11.6 Å². The minimum absolute atomic E-state index is 0.0458. The number of aromatic nitrogens is 3. The molecule has 31 heavy (non-hydrogen) atoms. The quantitative estimate of drug-likeness (QED) is 0.257. The Morgan fingerprint density at radius 3 is 2.84 bits per heavy atom. The first-order valence-electron chi connectivity index (χ1n) is 9.91. The van der Waals surface area contributed by atoms with E-state index in [1.54, 1.807) is 23.1 Å². The summed E-state index contributed by atoms with van der Waals surface area (Å²) in [6.45, 7) is 0. The molecule has 0 aliphatic carbocycles. The van der Waals surface area contributed by atoms with Crippen molar-refractivity contribution < 1.29 is 13.8 Å². The Hall–Kier alpha value is -3.77. The lowest BCUT2D eigenvalue weighted by molar-refractivity contribution is -0.523. The van der Waals surface area contributed by atoms with Gasteiger partial charge in [-0.3, -0.25) is 5.32 Å². The Bertz CT molecular complexity index is 1480. The fourth-order valence-corrected chi connectivity index (χ4v) is 4.37. The highest BCUT2D eigenvalue weighted by Gasteiger charge is 2.43. The molecule has 0 radical (unpaired) electrons. The summed E-state index contributed by atoms with van der Waals surface area (Å²) in [7, 11) is 0. The minimum atomic E-state index is -0.457. The van der Waals surface area contributed by atoms with E-state index >= 15 is 0 Å². The number of fused-ring (bicyclic) bond motifs is 5. The highest BCUT2D eigenvalue weighted by molar-refractivity contribution is 6.29. The maximum atomic E-state index is 13.5. The van der Waals surface area contributed by atoms with Crippen molar-refractivity contribution in [3.05, 3.63) is 84.0 Å². The first kappa shape index (κ1) is 18.0. The van der Waals surface area contributed by atoms with Crippen LogP contribution in [-0.2, 0) is 6.42 Å². The summed E-state index contributed by atoms with van der Waals surface area (Å²) in [6, 6.07) is 18.8. The normalized spacial score (nSPS) is 15.4. The van der Waals surface area contributed by atoms with E-state index in [0.717, 1.165) is 33.1 Å². The first-order chi connectivity index (χ1) is 15.2. The first-order valence-corrected chi connectivity index (χ1v) is 10.3. The third-order valence-corrected chi connectivity index (χ3v) is 5.81. The average molecular weight is 428 g/mol. The number of pyridine rings is 1. The van der Waals surface area contributed by atoms with Crippen molar-refractivity contribution in [3.8, 4) is 11.3 Å². The molecule has 1 atom stereocenters. The maximum absolute atomic E-state index is 13.5. The number of rotatable bonds is 3. The van der Waals surface area contributed by atoms with Crippen molar-refractivity contribution in [1.82, 2.24) is 9.97 Å². The molecule has 0 saturated carbocycles. The number of nitrogens with one attached hydrogen (secondary N) is 1. The van der Waals surface area contributed by atoms with Gasteiger partial charge in [-0.1, -0.05) is 35.9 Å². The van der Waals surface area contributed by atoms with E-state index in [-0.39, 0.29) is 5.91 Å². The molecule has 6 rings (SSSR count). The molecule has 2 aromatic carbocycles. The van der Waals surface area contributed by atoms with Crippen LogP contribution in [0.2, 0.25) is 5.15 Å². The van der Waals surface area contributed by atoms with Gasteiger partial charge in [-0.05, 0) is 41.8 Å². The molecule has 3 aromatic heterocycles. The number of halogens is 1. The van der Waals surface area contributed by atoms with Crippen molar-refractivity contribution in [2.45, 2.75) is 12.5 Å². The summed E-state index contributed by atoms with van der Waals surface area (Å²) in [5.74, 6) is 1.34. The Kier molecular flexibility index (Phi) is 4.01. The van der Waals surface area contributed by atoms with Crippen LogP contribution in [0.3, 0.4) is 0 Å². The molecule has 1 unspecified atom stereocenters. The monoisotopic (exact) mass is 427 g/mol. The number of carbonyl (C=O) groups excluding carboxylic acids is 1. The summed E-state index contributed by atoms with van der Waals surface area (Å²) >= 11 is 6.17. The number of carbonyl (C=O) groups is 1. The smallest absolute Gasteiger partial charge is 0.360 e. The van der Waals surface area contributed by atoms with Crippen molar-refractivity contribution in [3.63, 3.8) is 0 Å². The SMILES string of the molecule is O=C1C(Cc2ccco2)Nc2c(-c3ccnc(Cl)c3)nc3c4ccccc4ccc3[n+]21. The van der Waals surface area contributed by atoms with Crippen LogP contribution in [0.1, 0.15) is 10.6 Å². The van der Waals surface area contributed by atoms with Gasteiger partial charge in [-0.25, -0.2) is 14.8 Å². The zero-order chi connectivity index (χ0) is 20.9. The molecule has 1 aliphatic heterocycles. The van der Waals surface area contributed by atoms with Gasteiger partial charge >= 0.3 is 11.7 Å². The number of hydrogen-bond donors (Lipinski definition) is 1. The molecule has 150 valence electrons. The van der Waals surface area contributed by atoms with E-state index in [0.29, 0.717) is 23.1 Å². The molecule has 0 bridgehead atoms. The lowest BCUT2D eigenvalue weighted by atomic mass is 10.1. The van der Waals surface area contributed by atoms with E-state index in [2.05, 4.69) is 10.3 Å². The van der Waals surface area contributed by atoms with Gasteiger partial charge in [0.05, 0.1) is 12.7 Å². The van der Waals surface area contributed by atoms with Crippen molar-refractivity contribution in [1.29, 1.82) is 0 Å². The molecular weight excluding hydrogens is 412 g/mol. The highest BCUT2D eigenvalue weighted by Crippen LogP contribution is 2.33. The molecular formula is C24H16ClN4O2+. The third-order valence-electron chi connectivity index (χ3n) is 5.61. The van der Waals surface area contributed by atoms with Crippen LogP contribution in [0, 0.1) is 0 Å². The number of nitrogens with zero attached hydrogens (tertiary/aromatic N) is 3. The second-order valence-electron chi connectivity index (χ2n) is 7.48. The third kappa shape index (κ3) is 2.87. The zero-order valence-electron chi connectivity index (χ0n) is 16.2. The summed E-state index contributed by atoms with van der Waals surface area (Å²) in [6.07, 6.45) is 3.70. The van der Waals surface area contributed by atoms with Crippen molar-refractivity contribution >= 4 is 45.1 Å². The Morgan fingerprint density at radius 1 is 1.10 bits per heavy atom. The van der Waals surface area contributed by atoms with Gasteiger partial charge in [0.15, 0.2) is 11.2 Å². The molecule has 7 heteroatoms. The fourth-order valence-electron chi connectivity index (χ4n) is 4.20. The number of benzene rings is 2. The van der Waals surface area contributed by atoms with E-state index in [4.69, 9.17) is 21.0 Å². The lowest BCUT2D eigenvalue weighted by Crippen LogP contribution is -2.44. The molecule has 5 aromatic rings. The Balaban J connectivity index is 1.63. The molecule has 1 N–H and O–H groups in total. The molecule has 0 spiro atoms. The molecule has 6 nitrogen and oxygen atoms in total. The maximum Gasteiger partial charge on any atom is 0.360 e. The average Bonchev–Trinajstić information content (AvgIpc) is 3.41. The van der Waals surface area contributed by atoms with Crippen LogP contribution in [0.15, 0.2) is 77.5 Å². The van der Waals surface area contributed by atoms with Crippen LogP contribution in [0.5, 0.6) is 0 Å². The van der Waals surface area contributed by atoms with Gasteiger partial charge in [0.1, 0.15) is 16.4 Å². The van der Waals surface area contributed by atoms with Crippen LogP contribution in [0.4, 0.5) is 5.82 Å². The topological polar surface area (TPSA) is 71.9 Å². The second-order valence-corrected chi connectivity index (χ2v) is 7.87. The fraction of sp³-hybridized carbons (Fsp3) is 0.0833.